The van der Waals surface area contributed by atoms with Gasteiger partial charge in [0.05, 0.1) is 6.61 Å². The first-order valence-corrected chi connectivity index (χ1v) is 6.67. The summed E-state index contributed by atoms with van der Waals surface area (Å²) in [5.74, 6) is 1.44. The summed E-state index contributed by atoms with van der Waals surface area (Å²) >= 11 is 0. The van der Waals surface area contributed by atoms with Gasteiger partial charge in [-0.15, -0.1) is 0 Å². The lowest BCUT2D eigenvalue weighted by molar-refractivity contribution is 0.202. The van der Waals surface area contributed by atoms with Gasteiger partial charge >= 0.3 is 0 Å². The molecule has 1 heterocycles. The molecule has 0 bridgehead atoms. The van der Waals surface area contributed by atoms with Crippen LogP contribution in [0.4, 0.5) is 0 Å². The van der Waals surface area contributed by atoms with Crippen molar-refractivity contribution in [2.75, 3.05) is 20.8 Å². The van der Waals surface area contributed by atoms with E-state index < -0.39 is 0 Å². The highest BCUT2D eigenvalue weighted by atomic mass is 16.5. The third-order valence-electron chi connectivity index (χ3n) is 2.95. The number of nitrogens with one attached hydrogen (secondary N) is 1. The Balaban J connectivity index is 2.06. The maximum atomic E-state index is 5.84. The monoisotopic (exact) mass is 272 g/mol. The first kappa shape index (κ1) is 14.5. The van der Waals surface area contributed by atoms with Crippen molar-refractivity contribution in [2.45, 2.75) is 13.0 Å². The second kappa shape index (κ2) is 7.62. The summed E-state index contributed by atoms with van der Waals surface area (Å²) in [4.78, 5) is 4.28. The highest BCUT2D eigenvalue weighted by molar-refractivity contribution is 5.34. The molecule has 0 aliphatic rings. The van der Waals surface area contributed by atoms with E-state index in [1.807, 2.05) is 31.3 Å². The van der Waals surface area contributed by atoms with E-state index in [0.717, 1.165) is 30.9 Å². The van der Waals surface area contributed by atoms with Gasteiger partial charge in [-0.2, -0.15) is 0 Å². The molecule has 0 aliphatic carbocycles. The van der Waals surface area contributed by atoms with Gasteiger partial charge in [0.25, 0.3) is 0 Å². The number of rotatable bonds is 7. The van der Waals surface area contributed by atoms with Gasteiger partial charge in [0.2, 0.25) is 5.88 Å². The highest BCUT2D eigenvalue weighted by Crippen LogP contribution is 2.23. The van der Waals surface area contributed by atoms with Crippen molar-refractivity contribution in [1.82, 2.24) is 10.3 Å². The zero-order valence-corrected chi connectivity index (χ0v) is 11.9. The Bertz CT molecular complexity index is 526. The molecule has 0 fully saturated rings. The van der Waals surface area contributed by atoms with E-state index in [-0.39, 0.29) is 0 Å². The predicted molar refractivity (Wildman–Crippen MR) is 79.1 cm³/mol. The van der Waals surface area contributed by atoms with Gasteiger partial charge in [-0.25, -0.2) is 4.98 Å². The normalized spacial score (nSPS) is 10.5. The van der Waals surface area contributed by atoms with Gasteiger partial charge in [0.1, 0.15) is 5.75 Å². The number of nitrogens with zero attached hydrogens (tertiary/aromatic N) is 1. The molecule has 106 valence electrons. The predicted octanol–water partition coefficient (Wildman–Crippen LogP) is 2.78. The Hall–Kier alpha value is -1.91. The second-order valence-electron chi connectivity index (χ2n) is 4.49. The SMILES string of the molecule is CNCc1cccnc1Oc1ccc(CCOC)cc1. The van der Waals surface area contributed by atoms with Crippen LogP contribution in [-0.2, 0) is 17.7 Å². The van der Waals surface area contributed by atoms with E-state index >= 15 is 0 Å². The third-order valence-corrected chi connectivity index (χ3v) is 2.95. The standard InChI is InChI=1S/C16H20N2O2/c1-17-12-14-4-3-10-18-16(14)20-15-7-5-13(6-8-15)9-11-19-2/h3-8,10,17H,9,11-12H2,1-2H3. The minimum absolute atomic E-state index is 0.645. The third kappa shape index (κ3) is 4.05. The Morgan fingerprint density at radius 3 is 2.65 bits per heavy atom. The molecule has 4 heteroatoms. The molecule has 0 unspecified atom stereocenters. The van der Waals surface area contributed by atoms with Crippen LogP contribution < -0.4 is 10.1 Å². The lowest BCUT2D eigenvalue weighted by atomic mass is 10.1. The first-order valence-electron chi connectivity index (χ1n) is 6.67. The molecule has 0 saturated heterocycles. The van der Waals surface area contributed by atoms with Crippen LogP contribution in [0.15, 0.2) is 42.6 Å². The fraction of sp³-hybridized carbons (Fsp3) is 0.312. The number of methoxy groups -OCH3 is 1. The second-order valence-corrected chi connectivity index (χ2v) is 4.49. The molecule has 2 aromatic rings. The van der Waals surface area contributed by atoms with Gasteiger partial charge in [0.15, 0.2) is 0 Å². The lowest BCUT2D eigenvalue weighted by Gasteiger charge is -2.10. The van der Waals surface area contributed by atoms with Crippen molar-refractivity contribution in [1.29, 1.82) is 0 Å². The molecule has 0 amide bonds. The fourth-order valence-electron chi connectivity index (χ4n) is 1.90. The van der Waals surface area contributed by atoms with Crippen LogP contribution in [0.1, 0.15) is 11.1 Å². The molecule has 0 atom stereocenters. The van der Waals surface area contributed by atoms with Crippen LogP contribution >= 0.6 is 0 Å². The van der Waals surface area contributed by atoms with E-state index in [1.54, 1.807) is 13.3 Å². The zero-order chi connectivity index (χ0) is 14.2. The number of ether oxygens (including phenoxy) is 2. The molecular weight excluding hydrogens is 252 g/mol. The first-order chi connectivity index (χ1) is 9.83. The van der Waals surface area contributed by atoms with Crippen LogP contribution in [0, 0.1) is 0 Å². The highest BCUT2D eigenvalue weighted by Gasteiger charge is 2.05. The molecule has 1 N–H and O–H groups in total. The molecule has 1 aromatic heterocycles. The van der Waals surface area contributed by atoms with Crippen LogP contribution in [-0.4, -0.2) is 25.7 Å². The van der Waals surface area contributed by atoms with Crippen molar-refractivity contribution in [3.8, 4) is 11.6 Å². The Kier molecular flexibility index (Phi) is 5.53. The summed E-state index contributed by atoms with van der Waals surface area (Å²) in [6.07, 6.45) is 2.65. The minimum atomic E-state index is 0.645. The summed E-state index contributed by atoms with van der Waals surface area (Å²) in [5, 5.41) is 3.11. The van der Waals surface area contributed by atoms with Gasteiger partial charge < -0.3 is 14.8 Å². The number of benzene rings is 1. The van der Waals surface area contributed by atoms with Gasteiger partial charge in [0, 0.05) is 25.4 Å². The maximum Gasteiger partial charge on any atom is 0.223 e. The van der Waals surface area contributed by atoms with E-state index in [9.17, 15) is 0 Å². The summed E-state index contributed by atoms with van der Waals surface area (Å²) in [6.45, 7) is 1.46. The molecule has 1 aromatic carbocycles. The lowest BCUT2D eigenvalue weighted by Crippen LogP contribution is -2.07. The molecular formula is C16H20N2O2. The Morgan fingerprint density at radius 2 is 1.95 bits per heavy atom. The number of aromatic nitrogens is 1. The van der Waals surface area contributed by atoms with Crippen LogP contribution in [0.2, 0.25) is 0 Å². The summed E-state index contributed by atoms with van der Waals surface area (Å²) in [6, 6.07) is 11.9. The topological polar surface area (TPSA) is 43.4 Å². The van der Waals surface area contributed by atoms with Gasteiger partial charge in [-0.05, 0) is 37.2 Å². The Labute approximate surface area is 119 Å². The summed E-state index contributed by atoms with van der Waals surface area (Å²) in [5.41, 5.74) is 2.27. The van der Waals surface area contributed by atoms with Crippen LogP contribution in [0.3, 0.4) is 0 Å². The molecule has 0 spiro atoms. The fourth-order valence-corrected chi connectivity index (χ4v) is 1.90. The molecule has 0 saturated carbocycles. The number of hydrogen-bond donors (Lipinski definition) is 1. The molecule has 0 aliphatic heterocycles. The van der Waals surface area contributed by atoms with Crippen molar-refractivity contribution in [3.05, 3.63) is 53.7 Å². The maximum absolute atomic E-state index is 5.84. The van der Waals surface area contributed by atoms with Crippen molar-refractivity contribution in [2.24, 2.45) is 0 Å². The van der Waals surface area contributed by atoms with Crippen molar-refractivity contribution >= 4 is 0 Å². The number of hydrogen-bond acceptors (Lipinski definition) is 4. The van der Waals surface area contributed by atoms with E-state index in [4.69, 9.17) is 9.47 Å². The quantitative estimate of drug-likeness (QED) is 0.841. The van der Waals surface area contributed by atoms with E-state index in [2.05, 4.69) is 22.4 Å². The van der Waals surface area contributed by atoms with E-state index in [1.165, 1.54) is 5.56 Å². The minimum Gasteiger partial charge on any atom is -0.439 e. The van der Waals surface area contributed by atoms with Crippen LogP contribution in [0.5, 0.6) is 11.6 Å². The number of pyridine rings is 1. The molecule has 20 heavy (non-hydrogen) atoms. The summed E-state index contributed by atoms with van der Waals surface area (Å²) in [7, 11) is 3.61. The smallest absolute Gasteiger partial charge is 0.223 e. The summed E-state index contributed by atoms with van der Waals surface area (Å²) < 4.78 is 10.9. The average molecular weight is 272 g/mol. The van der Waals surface area contributed by atoms with Gasteiger partial charge in [-0.3, -0.25) is 0 Å². The Morgan fingerprint density at radius 1 is 1.15 bits per heavy atom. The molecule has 2 rings (SSSR count). The molecule has 0 radical (unpaired) electrons. The van der Waals surface area contributed by atoms with Gasteiger partial charge in [-0.1, -0.05) is 18.2 Å². The van der Waals surface area contributed by atoms with E-state index in [0.29, 0.717) is 5.88 Å². The largest absolute Gasteiger partial charge is 0.439 e. The zero-order valence-electron chi connectivity index (χ0n) is 11.9. The average Bonchev–Trinajstić information content (AvgIpc) is 2.49. The van der Waals surface area contributed by atoms with Crippen molar-refractivity contribution < 1.29 is 9.47 Å². The molecule has 4 nitrogen and oxygen atoms in total. The van der Waals surface area contributed by atoms with Crippen LogP contribution in [0.25, 0.3) is 0 Å². The van der Waals surface area contributed by atoms with Crippen molar-refractivity contribution in [3.63, 3.8) is 0 Å².